The van der Waals surface area contributed by atoms with Crippen molar-refractivity contribution in [1.82, 2.24) is 10.3 Å². The third-order valence-electron chi connectivity index (χ3n) is 3.80. The van der Waals surface area contributed by atoms with E-state index in [-0.39, 0.29) is 17.8 Å². The topological polar surface area (TPSA) is 45.2 Å². The Kier molecular flexibility index (Phi) is 5.02. The number of nitrogens with zero attached hydrogens (tertiary/aromatic N) is 2. The first-order valence-corrected chi connectivity index (χ1v) is 8.52. The molecule has 3 rings (SSSR count). The number of hydrogen-bond donors (Lipinski definition) is 1. The lowest BCUT2D eigenvalue weighted by atomic mass is 10.0. The Bertz CT molecular complexity index is 687. The number of amides is 1. The summed E-state index contributed by atoms with van der Waals surface area (Å²) in [5.41, 5.74) is 3.38. The van der Waals surface area contributed by atoms with Gasteiger partial charge in [-0.05, 0) is 37.1 Å². The predicted molar refractivity (Wildman–Crippen MR) is 90.9 cm³/mol. The highest BCUT2D eigenvalue weighted by Crippen LogP contribution is 2.20. The van der Waals surface area contributed by atoms with Crippen LogP contribution in [0.5, 0.6) is 0 Å². The molecule has 2 heterocycles. The van der Waals surface area contributed by atoms with Gasteiger partial charge < -0.3 is 10.2 Å². The smallest absolute Gasteiger partial charge is 0.244 e. The van der Waals surface area contributed by atoms with Crippen LogP contribution in [-0.2, 0) is 4.79 Å². The molecule has 4 nitrogen and oxygen atoms in total. The van der Waals surface area contributed by atoms with Crippen molar-refractivity contribution in [3.63, 3.8) is 0 Å². The lowest BCUT2D eigenvalue weighted by Crippen LogP contribution is -2.47. The predicted octanol–water partition coefficient (Wildman–Crippen LogP) is 3.08. The van der Waals surface area contributed by atoms with Crippen LogP contribution in [0.25, 0.3) is 6.08 Å². The molecule has 1 aliphatic heterocycles. The Balaban J connectivity index is 1.57. The molecule has 23 heavy (non-hydrogen) atoms. The van der Waals surface area contributed by atoms with Gasteiger partial charge in [0.2, 0.25) is 5.91 Å². The van der Waals surface area contributed by atoms with E-state index in [9.17, 15) is 9.18 Å². The number of benzene rings is 1. The van der Waals surface area contributed by atoms with Crippen molar-refractivity contribution in [3.8, 4) is 0 Å². The van der Waals surface area contributed by atoms with Gasteiger partial charge in [0.25, 0.3) is 0 Å². The Morgan fingerprint density at radius 2 is 2.39 bits per heavy atom. The summed E-state index contributed by atoms with van der Waals surface area (Å²) in [7, 11) is 0. The van der Waals surface area contributed by atoms with Gasteiger partial charge >= 0.3 is 0 Å². The first kappa shape index (κ1) is 15.7. The minimum atomic E-state index is -0.236. The molecular formula is C17H18FN3OS. The van der Waals surface area contributed by atoms with E-state index in [1.54, 1.807) is 17.7 Å². The fourth-order valence-electron chi connectivity index (χ4n) is 2.72. The Labute approximate surface area is 138 Å². The molecule has 0 unspecified atom stereocenters. The summed E-state index contributed by atoms with van der Waals surface area (Å²) in [6, 6.07) is 6.65. The van der Waals surface area contributed by atoms with Crippen molar-refractivity contribution in [2.24, 2.45) is 0 Å². The summed E-state index contributed by atoms with van der Waals surface area (Å²) in [6.45, 7) is 1.57. The summed E-state index contributed by atoms with van der Waals surface area (Å²) in [6.07, 6.45) is 5.12. The lowest BCUT2D eigenvalue weighted by molar-refractivity contribution is -0.117. The van der Waals surface area contributed by atoms with Crippen molar-refractivity contribution >= 4 is 29.0 Å². The maximum absolute atomic E-state index is 13.4. The highest BCUT2D eigenvalue weighted by Gasteiger charge is 2.21. The molecule has 1 aromatic carbocycles. The number of halogens is 1. The first-order chi connectivity index (χ1) is 11.2. The molecule has 1 fully saturated rings. The van der Waals surface area contributed by atoms with Crippen molar-refractivity contribution in [3.05, 3.63) is 52.7 Å². The number of carbonyl (C=O) groups is 1. The highest BCUT2D eigenvalue weighted by atomic mass is 32.1. The van der Waals surface area contributed by atoms with Crippen molar-refractivity contribution in [2.75, 3.05) is 18.0 Å². The normalized spacial score (nSPS) is 18.3. The Hall–Kier alpha value is -2.21. The zero-order valence-corrected chi connectivity index (χ0v) is 13.4. The van der Waals surface area contributed by atoms with Crippen LogP contribution in [0.3, 0.4) is 0 Å². The monoisotopic (exact) mass is 331 g/mol. The van der Waals surface area contributed by atoms with Crippen LogP contribution in [0, 0.1) is 5.82 Å². The number of carbonyl (C=O) groups excluding carboxylic acids is 1. The summed E-state index contributed by atoms with van der Waals surface area (Å²) >= 11 is 1.49. The van der Waals surface area contributed by atoms with Gasteiger partial charge in [-0.25, -0.2) is 9.37 Å². The molecule has 2 aromatic rings. The van der Waals surface area contributed by atoms with E-state index >= 15 is 0 Å². The van der Waals surface area contributed by atoms with E-state index in [1.807, 2.05) is 11.4 Å². The molecule has 0 bridgehead atoms. The number of aromatic nitrogens is 1. The van der Waals surface area contributed by atoms with E-state index in [0.717, 1.165) is 30.8 Å². The molecule has 0 spiro atoms. The third kappa shape index (κ3) is 4.39. The van der Waals surface area contributed by atoms with Crippen LogP contribution in [0.4, 0.5) is 10.1 Å². The molecule has 1 atom stereocenters. The van der Waals surface area contributed by atoms with E-state index < -0.39 is 0 Å². The number of hydrogen-bond acceptors (Lipinski definition) is 4. The zero-order valence-electron chi connectivity index (χ0n) is 12.6. The van der Waals surface area contributed by atoms with Gasteiger partial charge in [0.15, 0.2) is 0 Å². The average Bonchev–Trinajstić information content (AvgIpc) is 3.07. The SMILES string of the molecule is O=C(/C=C/c1cscn1)N[C@@H]1CCCN(c2cccc(F)c2)C1. The van der Waals surface area contributed by atoms with Crippen LogP contribution in [0.15, 0.2) is 41.2 Å². The molecule has 1 aliphatic rings. The number of piperidine rings is 1. The van der Waals surface area contributed by atoms with Gasteiger partial charge in [-0.1, -0.05) is 6.07 Å². The van der Waals surface area contributed by atoms with Gasteiger partial charge in [-0.2, -0.15) is 0 Å². The summed E-state index contributed by atoms with van der Waals surface area (Å²) in [4.78, 5) is 18.2. The number of thiazole rings is 1. The van der Waals surface area contributed by atoms with Crippen LogP contribution in [-0.4, -0.2) is 30.0 Å². The van der Waals surface area contributed by atoms with Crippen molar-refractivity contribution < 1.29 is 9.18 Å². The Morgan fingerprint density at radius 1 is 1.48 bits per heavy atom. The number of anilines is 1. The quantitative estimate of drug-likeness (QED) is 0.876. The minimum absolute atomic E-state index is 0.0691. The standard InChI is InChI=1S/C17H18FN3OS/c18-13-3-1-5-16(9-13)21-8-2-4-14(10-21)20-17(22)7-6-15-11-23-12-19-15/h1,3,5-7,9,11-12,14H,2,4,8,10H2,(H,20,22)/b7-6+/t14-/m1/s1. The van der Waals surface area contributed by atoms with Gasteiger partial charge in [0, 0.05) is 36.3 Å². The summed E-state index contributed by atoms with van der Waals surface area (Å²) < 4.78 is 13.4. The van der Waals surface area contributed by atoms with Crippen LogP contribution in [0.2, 0.25) is 0 Å². The van der Waals surface area contributed by atoms with E-state index in [0.29, 0.717) is 6.54 Å². The second-order valence-corrected chi connectivity index (χ2v) is 6.24. The first-order valence-electron chi connectivity index (χ1n) is 7.58. The van der Waals surface area contributed by atoms with E-state index in [1.165, 1.54) is 29.5 Å². The maximum Gasteiger partial charge on any atom is 0.244 e. The number of nitrogens with one attached hydrogen (secondary N) is 1. The largest absolute Gasteiger partial charge is 0.369 e. The van der Waals surface area contributed by atoms with Gasteiger partial charge in [-0.3, -0.25) is 4.79 Å². The van der Waals surface area contributed by atoms with Gasteiger partial charge in [-0.15, -0.1) is 11.3 Å². The summed E-state index contributed by atoms with van der Waals surface area (Å²) in [5.74, 6) is -0.357. The molecule has 1 amide bonds. The molecule has 0 saturated carbocycles. The molecule has 120 valence electrons. The Morgan fingerprint density at radius 3 is 3.17 bits per heavy atom. The molecular weight excluding hydrogens is 313 g/mol. The van der Waals surface area contributed by atoms with Crippen molar-refractivity contribution in [2.45, 2.75) is 18.9 Å². The minimum Gasteiger partial charge on any atom is -0.369 e. The molecule has 1 saturated heterocycles. The molecule has 1 aromatic heterocycles. The van der Waals surface area contributed by atoms with E-state index in [4.69, 9.17) is 0 Å². The fourth-order valence-corrected chi connectivity index (χ4v) is 3.24. The van der Waals surface area contributed by atoms with Crippen LogP contribution < -0.4 is 10.2 Å². The summed E-state index contributed by atoms with van der Waals surface area (Å²) in [5, 5.41) is 4.90. The highest BCUT2D eigenvalue weighted by molar-refractivity contribution is 7.07. The van der Waals surface area contributed by atoms with Gasteiger partial charge in [0.1, 0.15) is 5.82 Å². The molecule has 0 radical (unpaired) electrons. The van der Waals surface area contributed by atoms with E-state index in [2.05, 4.69) is 15.2 Å². The second-order valence-electron chi connectivity index (χ2n) is 5.52. The van der Waals surface area contributed by atoms with Crippen LogP contribution in [0.1, 0.15) is 18.5 Å². The number of rotatable bonds is 4. The second kappa shape index (κ2) is 7.37. The average molecular weight is 331 g/mol. The molecule has 6 heteroatoms. The zero-order chi connectivity index (χ0) is 16.1. The molecule has 0 aliphatic carbocycles. The fraction of sp³-hybridized carbons (Fsp3) is 0.294. The third-order valence-corrected chi connectivity index (χ3v) is 4.40. The van der Waals surface area contributed by atoms with Gasteiger partial charge in [0.05, 0.1) is 11.2 Å². The molecule has 1 N–H and O–H groups in total. The maximum atomic E-state index is 13.4. The van der Waals surface area contributed by atoms with Crippen molar-refractivity contribution in [1.29, 1.82) is 0 Å². The lowest BCUT2D eigenvalue weighted by Gasteiger charge is -2.34. The van der Waals surface area contributed by atoms with Crippen LogP contribution >= 0.6 is 11.3 Å².